The minimum atomic E-state index is -0.987. The third kappa shape index (κ3) is 4.45. The zero-order valence-electron chi connectivity index (χ0n) is 16.7. The minimum Gasteiger partial charge on any atom is -0.445 e. The van der Waals surface area contributed by atoms with Crippen LogP contribution in [-0.2, 0) is 35.1 Å². The molecule has 162 valence electrons. The number of fused-ring (bicyclic) bond motifs is 1. The van der Waals surface area contributed by atoms with Crippen LogP contribution in [0.15, 0.2) is 30.3 Å². The van der Waals surface area contributed by atoms with Crippen molar-refractivity contribution in [1.82, 2.24) is 10.2 Å². The maximum Gasteiger partial charge on any atom is 0.510 e. The fraction of sp³-hybridized carbons (Fsp3) is 0.474. The lowest BCUT2D eigenvalue weighted by Gasteiger charge is -2.43. The lowest BCUT2D eigenvalue weighted by Crippen LogP contribution is -2.70. The zero-order chi connectivity index (χ0) is 21.9. The molecule has 3 rings (SSSR count). The number of β-lactam (4-membered cyclic amide) rings is 1. The van der Waals surface area contributed by atoms with Crippen LogP contribution in [0.5, 0.6) is 0 Å². The molecule has 10 nitrogen and oxygen atoms in total. The Kier molecular flexibility index (Phi) is 6.40. The van der Waals surface area contributed by atoms with E-state index in [1.807, 2.05) is 30.3 Å². The predicted octanol–water partition coefficient (Wildman–Crippen LogP) is 1.63. The molecule has 11 heteroatoms. The molecule has 2 heterocycles. The van der Waals surface area contributed by atoms with E-state index in [-0.39, 0.29) is 6.61 Å². The van der Waals surface area contributed by atoms with Crippen LogP contribution in [0.4, 0.5) is 9.59 Å². The highest BCUT2D eigenvalue weighted by atomic mass is 32.2. The van der Waals surface area contributed by atoms with Gasteiger partial charge in [0.05, 0.1) is 7.11 Å². The van der Waals surface area contributed by atoms with E-state index in [2.05, 4.69) is 14.8 Å². The van der Waals surface area contributed by atoms with Gasteiger partial charge in [-0.3, -0.25) is 4.79 Å². The molecule has 2 aliphatic heterocycles. The quantitative estimate of drug-likeness (QED) is 0.306. The van der Waals surface area contributed by atoms with Gasteiger partial charge in [0.15, 0.2) is 0 Å². The molecule has 2 amide bonds. The van der Waals surface area contributed by atoms with Crippen LogP contribution in [0, 0.1) is 0 Å². The van der Waals surface area contributed by atoms with E-state index >= 15 is 0 Å². The summed E-state index contributed by atoms with van der Waals surface area (Å²) in [6, 6.07) is 7.46. The molecule has 0 aromatic heterocycles. The number of hydrogen-bond acceptors (Lipinski definition) is 9. The maximum atomic E-state index is 12.6. The van der Waals surface area contributed by atoms with Crippen LogP contribution >= 0.6 is 11.8 Å². The van der Waals surface area contributed by atoms with Gasteiger partial charge in [0.1, 0.15) is 24.1 Å². The summed E-state index contributed by atoms with van der Waals surface area (Å²) in [4.78, 5) is 49.5. The highest BCUT2D eigenvalue weighted by Gasteiger charge is 2.64. The Bertz CT molecular complexity index is 831. The number of esters is 1. The number of hydrogen-bond donors (Lipinski definition) is 1. The Hall–Kier alpha value is -2.95. The molecule has 1 aromatic rings. The number of methoxy groups -OCH3 is 1. The van der Waals surface area contributed by atoms with Gasteiger partial charge in [-0.15, -0.1) is 11.8 Å². The summed E-state index contributed by atoms with van der Waals surface area (Å²) in [5.74, 6) is -1.12. The number of nitrogens with zero attached hydrogens (tertiary/aromatic N) is 1. The molecule has 0 bridgehead atoms. The summed E-state index contributed by atoms with van der Waals surface area (Å²) < 4.78 is 18.3. The van der Waals surface area contributed by atoms with Crippen LogP contribution in [-0.4, -0.2) is 65.1 Å². The average Bonchev–Trinajstić information content (AvgIpc) is 2.98. The normalized spacial score (nSPS) is 23.6. The number of rotatable bonds is 6. The fourth-order valence-corrected chi connectivity index (χ4v) is 4.91. The zero-order valence-corrected chi connectivity index (χ0v) is 17.5. The summed E-state index contributed by atoms with van der Waals surface area (Å²) in [7, 11) is 1.13. The van der Waals surface area contributed by atoms with Crippen LogP contribution in [0.1, 0.15) is 19.4 Å². The number of thioether (sulfide) groups is 1. The standard InChI is InChI=1S/C19H22N2O8S/c1-19(2)13(16(23)28-10-29-18(25)26-3)21-14(22)12(15(21)30-19)20-17(24)27-9-11-7-5-4-6-8-11/h4-8,12-13,15H,9-10H2,1-3H3,(H,20,24)/t12-,13+,15-/m1/s1. The number of nitrogens with one attached hydrogen (secondary N) is 1. The molecule has 2 saturated heterocycles. The number of carbonyl (C=O) groups excluding carboxylic acids is 4. The number of ether oxygens (including phenoxy) is 4. The highest BCUT2D eigenvalue weighted by Crippen LogP contribution is 2.51. The number of amides is 2. The third-order valence-electron chi connectivity index (χ3n) is 4.70. The molecular formula is C19H22N2O8S. The van der Waals surface area contributed by atoms with Gasteiger partial charge >= 0.3 is 18.2 Å². The van der Waals surface area contributed by atoms with Gasteiger partial charge in [0.25, 0.3) is 0 Å². The van der Waals surface area contributed by atoms with Gasteiger partial charge in [0, 0.05) is 4.75 Å². The number of benzene rings is 1. The van der Waals surface area contributed by atoms with E-state index in [0.29, 0.717) is 0 Å². The van der Waals surface area contributed by atoms with Crippen molar-refractivity contribution in [2.24, 2.45) is 0 Å². The summed E-state index contributed by atoms with van der Waals surface area (Å²) in [5, 5.41) is 2.13. The molecule has 2 aliphatic rings. The minimum absolute atomic E-state index is 0.0791. The van der Waals surface area contributed by atoms with E-state index in [1.165, 1.54) is 16.7 Å². The molecule has 3 atom stereocenters. The Labute approximate surface area is 177 Å². The van der Waals surface area contributed by atoms with Crippen LogP contribution < -0.4 is 5.32 Å². The first-order valence-electron chi connectivity index (χ1n) is 9.09. The molecule has 0 radical (unpaired) electrons. The first-order valence-corrected chi connectivity index (χ1v) is 9.97. The van der Waals surface area contributed by atoms with Gasteiger partial charge in [-0.1, -0.05) is 30.3 Å². The van der Waals surface area contributed by atoms with Crippen molar-refractivity contribution >= 4 is 35.9 Å². The summed E-state index contributed by atoms with van der Waals surface area (Å²) >= 11 is 1.37. The van der Waals surface area contributed by atoms with Crippen molar-refractivity contribution in [3.8, 4) is 0 Å². The van der Waals surface area contributed by atoms with Crippen molar-refractivity contribution in [2.45, 2.75) is 42.7 Å². The largest absolute Gasteiger partial charge is 0.510 e. The van der Waals surface area contributed by atoms with E-state index in [9.17, 15) is 19.2 Å². The second kappa shape index (κ2) is 8.82. The molecular weight excluding hydrogens is 416 g/mol. The molecule has 0 saturated carbocycles. The molecule has 1 N–H and O–H groups in total. The number of alkyl carbamates (subject to hydrolysis) is 1. The fourth-order valence-electron chi connectivity index (χ4n) is 3.29. The Morgan fingerprint density at radius 3 is 2.50 bits per heavy atom. The van der Waals surface area contributed by atoms with Gasteiger partial charge in [-0.25, -0.2) is 14.4 Å². The van der Waals surface area contributed by atoms with Crippen molar-refractivity contribution in [3.63, 3.8) is 0 Å². The maximum absolute atomic E-state index is 12.6. The molecule has 0 spiro atoms. The topological polar surface area (TPSA) is 120 Å². The monoisotopic (exact) mass is 438 g/mol. The second-order valence-electron chi connectivity index (χ2n) is 7.12. The van der Waals surface area contributed by atoms with Crippen LogP contribution in [0.3, 0.4) is 0 Å². The van der Waals surface area contributed by atoms with E-state index in [0.717, 1.165) is 12.7 Å². The summed E-state index contributed by atoms with van der Waals surface area (Å²) in [5.41, 5.74) is 0.822. The Balaban J connectivity index is 1.55. The Morgan fingerprint density at radius 2 is 1.83 bits per heavy atom. The van der Waals surface area contributed by atoms with Crippen molar-refractivity contribution in [3.05, 3.63) is 35.9 Å². The lowest BCUT2D eigenvalue weighted by molar-refractivity contribution is -0.169. The molecule has 30 heavy (non-hydrogen) atoms. The van der Waals surface area contributed by atoms with Crippen molar-refractivity contribution < 1.29 is 38.1 Å². The van der Waals surface area contributed by atoms with Crippen molar-refractivity contribution in [1.29, 1.82) is 0 Å². The van der Waals surface area contributed by atoms with Crippen LogP contribution in [0.2, 0.25) is 0 Å². The van der Waals surface area contributed by atoms with Gasteiger partial charge in [-0.2, -0.15) is 0 Å². The molecule has 0 unspecified atom stereocenters. The van der Waals surface area contributed by atoms with Gasteiger partial charge in [0.2, 0.25) is 12.7 Å². The Morgan fingerprint density at radius 1 is 1.13 bits per heavy atom. The van der Waals surface area contributed by atoms with E-state index in [1.54, 1.807) is 13.8 Å². The summed E-state index contributed by atoms with van der Waals surface area (Å²) in [6.07, 6.45) is -1.70. The van der Waals surface area contributed by atoms with Crippen LogP contribution in [0.25, 0.3) is 0 Å². The van der Waals surface area contributed by atoms with Gasteiger partial charge < -0.3 is 29.2 Å². The molecule has 1 aromatic carbocycles. The lowest BCUT2D eigenvalue weighted by atomic mass is 9.96. The molecule has 2 fully saturated rings. The second-order valence-corrected chi connectivity index (χ2v) is 8.89. The highest BCUT2D eigenvalue weighted by molar-refractivity contribution is 8.01. The SMILES string of the molecule is COC(=O)OCOC(=O)[C@@H]1N2C(=O)[C@@H](NC(=O)OCc3ccccc3)[C@H]2SC1(C)C. The number of carbonyl (C=O) groups is 4. The van der Waals surface area contributed by atoms with E-state index in [4.69, 9.17) is 9.47 Å². The first kappa shape index (κ1) is 21.8. The average molecular weight is 438 g/mol. The first-order chi connectivity index (χ1) is 14.2. The third-order valence-corrected chi connectivity index (χ3v) is 6.27. The predicted molar refractivity (Wildman–Crippen MR) is 104 cm³/mol. The van der Waals surface area contributed by atoms with E-state index < -0.39 is 53.1 Å². The molecule has 0 aliphatic carbocycles. The van der Waals surface area contributed by atoms with Gasteiger partial charge in [-0.05, 0) is 19.4 Å². The smallest absolute Gasteiger partial charge is 0.445 e. The summed E-state index contributed by atoms with van der Waals surface area (Å²) in [6.45, 7) is 3.04. The van der Waals surface area contributed by atoms with Crippen molar-refractivity contribution in [2.75, 3.05) is 13.9 Å².